The van der Waals surface area contributed by atoms with Crippen LogP contribution in [0.5, 0.6) is 0 Å². The molecular formula is C16H27N3O. The van der Waals surface area contributed by atoms with E-state index in [9.17, 15) is 4.79 Å². The average molecular weight is 277 g/mol. The summed E-state index contributed by atoms with van der Waals surface area (Å²) in [6.45, 7) is 7.62. The Morgan fingerprint density at radius 1 is 1.45 bits per heavy atom. The molecule has 1 aromatic heterocycles. The van der Waals surface area contributed by atoms with Crippen LogP contribution < -0.4 is 10.6 Å². The van der Waals surface area contributed by atoms with E-state index in [1.54, 1.807) is 0 Å². The van der Waals surface area contributed by atoms with Crippen LogP contribution in [-0.2, 0) is 11.3 Å². The van der Waals surface area contributed by atoms with Gasteiger partial charge in [0.25, 0.3) is 0 Å². The van der Waals surface area contributed by atoms with Gasteiger partial charge in [-0.1, -0.05) is 6.92 Å². The zero-order valence-corrected chi connectivity index (χ0v) is 12.9. The van der Waals surface area contributed by atoms with Crippen LogP contribution >= 0.6 is 0 Å². The van der Waals surface area contributed by atoms with Crippen LogP contribution in [0.4, 0.5) is 0 Å². The molecule has 1 aliphatic rings. The summed E-state index contributed by atoms with van der Waals surface area (Å²) < 4.78 is 1.98. The summed E-state index contributed by atoms with van der Waals surface area (Å²) in [5.74, 6) is 0.855. The molecule has 1 aliphatic carbocycles. The van der Waals surface area contributed by atoms with E-state index in [1.165, 1.54) is 18.4 Å². The van der Waals surface area contributed by atoms with Gasteiger partial charge in [0.15, 0.2) is 0 Å². The average Bonchev–Trinajstić information content (AvgIpc) is 3.10. The van der Waals surface area contributed by atoms with E-state index in [0.29, 0.717) is 12.6 Å². The molecule has 20 heavy (non-hydrogen) atoms. The quantitative estimate of drug-likeness (QED) is 0.767. The van der Waals surface area contributed by atoms with Crippen LogP contribution in [0.3, 0.4) is 0 Å². The highest BCUT2D eigenvalue weighted by atomic mass is 16.2. The van der Waals surface area contributed by atoms with Crippen molar-refractivity contribution in [1.82, 2.24) is 15.2 Å². The summed E-state index contributed by atoms with van der Waals surface area (Å²) in [4.78, 5) is 11.8. The molecule has 0 radical (unpaired) electrons. The van der Waals surface area contributed by atoms with Crippen LogP contribution in [0, 0.1) is 5.92 Å². The van der Waals surface area contributed by atoms with E-state index in [1.807, 2.05) is 24.6 Å². The van der Waals surface area contributed by atoms with Gasteiger partial charge in [-0.2, -0.15) is 0 Å². The molecule has 2 rings (SSSR count). The Hall–Kier alpha value is -1.29. The maximum Gasteiger partial charge on any atom is 0.240 e. The number of carbonyl (C=O) groups is 1. The summed E-state index contributed by atoms with van der Waals surface area (Å²) in [5, 5.41) is 6.56. The lowest BCUT2D eigenvalue weighted by Crippen LogP contribution is -2.32. The molecule has 0 aromatic carbocycles. The predicted molar refractivity (Wildman–Crippen MR) is 81.5 cm³/mol. The van der Waals surface area contributed by atoms with Crippen molar-refractivity contribution in [3.8, 4) is 0 Å². The van der Waals surface area contributed by atoms with Gasteiger partial charge in [0.05, 0.1) is 0 Å². The maximum atomic E-state index is 11.8. The molecule has 4 heteroatoms. The molecule has 1 unspecified atom stereocenters. The van der Waals surface area contributed by atoms with Crippen molar-refractivity contribution in [3.05, 3.63) is 24.0 Å². The first kappa shape index (κ1) is 15.1. The highest BCUT2D eigenvalue weighted by Gasteiger charge is 2.32. The summed E-state index contributed by atoms with van der Waals surface area (Å²) >= 11 is 0. The van der Waals surface area contributed by atoms with Crippen LogP contribution in [0.25, 0.3) is 0 Å². The molecule has 0 saturated heterocycles. The van der Waals surface area contributed by atoms with Crippen LogP contribution in [-0.4, -0.2) is 23.1 Å². The maximum absolute atomic E-state index is 11.8. The lowest BCUT2D eigenvalue weighted by molar-refractivity contribution is -0.122. The Morgan fingerprint density at radius 3 is 2.80 bits per heavy atom. The van der Waals surface area contributed by atoms with Gasteiger partial charge in [0.2, 0.25) is 5.91 Å². The third-order valence-corrected chi connectivity index (χ3v) is 3.62. The van der Waals surface area contributed by atoms with Crippen LogP contribution in [0.15, 0.2) is 18.5 Å². The molecule has 0 bridgehead atoms. The first-order valence-corrected chi connectivity index (χ1v) is 7.78. The molecule has 0 spiro atoms. The number of nitrogens with zero attached hydrogens (tertiary/aromatic N) is 1. The summed E-state index contributed by atoms with van der Waals surface area (Å²) in [6, 6.07) is 2.81. The number of hydrogen-bond donors (Lipinski definition) is 2. The fraction of sp³-hybridized carbons (Fsp3) is 0.688. The SMILES string of the molecule is CCCNC(c1ccn(CC(=O)NC(C)C)c1)C1CC1. The number of rotatable bonds is 8. The van der Waals surface area contributed by atoms with Crippen LogP contribution in [0.2, 0.25) is 0 Å². The third-order valence-electron chi connectivity index (χ3n) is 3.62. The Bertz CT molecular complexity index is 435. The molecule has 1 amide bonds. The van der Waals surface area contributed by atoms with E-state index in [-0.39, 0.29) is 11.9 Å². The van der Waals surface area contributed by atoms with E-state index < -0.39 is 0 Å². The lowest BCUT2D eigenvalue weighted by Gasteiger charge is -2.16. The Labute approximate surface area is 121 Å². The largest absolute Gasteiger partial charge is 0.352 e. The van der Waals surface area contributed by atoms with Crippen molar-refractivity contribution in [2.24, 2.45) is 5.92 Å². The van der Waals surface area contributed by atoms with Crippen LogP contribution in [0.1, 0.15) is 51.6 Å². The number of aromatic nitrogens is 1. The van der Waals surface area contributed by atoms with Gasteiger partial charge in [-0.05, 0) is 57.2 Å². The second kappa shape index (κ2) is 6.93. The fourth-order valence-electron chi connectivity index (χ4n) is 2.56. The Balaban J connectivity index is 1.94. The van der Waals surface area contributed by atoms with Gasteiger partial charge in [-0.25, -0.2) is 0 Å². The number of nitrogens with one attached hydrogen (secondary N) is 2. The highest BCUT2D eigenvalue weighted by Crippen LogP contribution is 2.41. The standard InChI is InChI=1S/C16H27N3O/c1-4-8-17-16(13-5-6-13)14-7-9-19(10-14)11-15(20)18-12(2)3/h7,9-10,12-13,16-17H,4-6,8,11H2,1-3H3,(H,18,20). The third kappa shape index (κ3) is 4.37. The summed E-state index contributed by atoms with van der Waals surface area (Å²) in [7, 11) is 0. The second-order valence-corrected chi connectivity index (χ2v) is 6.11. The fourth-order valence-corrected chi connectivity index (χ4v) is 2.56. The van der Waals surface area contributed by atoms with Crippen molar-refractivity contribution in [2.75, 3.05) is 6.54 Å². The number of amides is 1. The second-order valence-electron chi connectivity index (χ2n) is 6.11. The Kier molecular flexibility index (Phi) is 5.24. The molecule has 2 N–H and O–H groups in total. The van der Waals surface area contributed by atoms with Gasteiger partial charge in [0.1, 0.15) is 6.54 Å². The van der Waals surface area contributed by atoms with Crippen molar-refractivity contribution in [3.63, 3.8) is 0 Å². The number of hydrogen-bond acceptors (Lipinski definition) is 2. The molecule has 1 atom stereocenters. The minimum Gasteiger partial charge on any atom is -0.352 e. The summed E-state index contributed by atoms with van der Waals surface area (Å²) in [5.41, 5.74) is 1.32. The van der Waals surface area contributed by atoms with Gasteiger partial charge in [-0.15, -0.1) is 0 Å². The monoisotopic (exact) mass is 277 g/mol. The normalized spacial score (nSPS) is 16.4. The minimum atomic E-state index is 0.0756. The lowest BCUT2D eigenvalue weighted by atomic mass is 10.1. The van der Waals surface area contributed by atoms with E-state index in [2.05, 4.69) is 29.8 Å². The van der Waals surface area contributed by atoms with Gasteiger partial charge < -0.3 is 15.2 Å². The molecule has 4 nitrogen and oxygen atoms in total. The van der Waals surface area contributed by atoms with Crippen molar-refractivity contribution >= 4 is 5.91 Å². The Morgan fingerprint density at radius 2 is 2.20 bits per heavy atom. The van der Waals surface area contributed by atoms with E-state index in [4.69, 9.17) is 0 Å². The van der Waals surface area contributed by atoms with Gasteiger partial charge in [0, 0.05) is 24.5 Å². The first-order valence-electron chi connectivity index (χ1n) is 7.78. The number of carbonyl (C=O) groups excluding carboxylic acids is 1. The van der Waals surface area contributed by atoms with E-state index >= 15 is 0 Å². The predicted octanol–water partition coefficient (Wildman–Crippen LogP) is 2.46. The zero-order valence-electron chi connectivity index (χ0n) is 12.9. The van der Waals surface area contributed by atoms with Gasteiger partial charge >= 0.3 is 0 Å². The van der Waals surface area contributed by atoms with Crippen molar-refractivity contribution in [1.29, 1.82) is 0 Å². The molecule has 0 aliphatic heterocycles. The minimum absolute atomic E-state index is 0.0756. The topological polar surface area (TPSA) is 46.1 Å². The molecule has 1 heterocycles. The molecule has 1 aromatic rings. The van der Waals surface area contributed by atoms with E-state index in [0.717, 1.165) is 18.9 Å². The smallest absolute Gasteiger partial charge is 0.240 e. The first-order chi connectivity index (χ1) is 9.60. The highest BCUT2D eigenvalue weighted by molar-refractivity contribution is 5.76. The van der Waals surface area contributed by atoms with Gasteiger partial charge in [-0.3, -0.25) is 4.79 Å². The van der Waals surface area contributed by atoms with Crippen molar-refractivity contribution < 1.29 is 4.79 Å². The molecule has 112 valence electrons. The molecular weight excluding hydrogens is 250 g/mol. The zero-order chi connectivity index (χ0) is 14.5. The molecule has 1 fully saturated rings. The van der Waals surface area contributed by atoms with Crippen molar-refractivity contribution in [2.45, 2.75) is 58.7 Å². The molecule has 1 saturated carbocycles. The summed E-state index contributed by atoms with van der Waals surface area (Å²) in [6.07, 6.45) is 7.92.